The van der Waals surface area contributed by atoms with Crippen molar-refractivity contribution < 1.29 is 14.7 Å². The van der Waals surface area contributed by atoms with E-state index in [4.69, 9.17) is 0 Å². The van der Waals surface area contributed by atoms with Crippen LogP contribution in [0.1, 0.15) is 35.7 Å². The Balaban J connectivity index is 1.27. The molecule has 0 unspecified atom stereocenters. The number of nitrogens with one attached hydrogen (secondary N) is 2. The number of carbonyl (C=O) groups is 2. The number of aliphatic hydroxyl groups is 1. The molecule has 0 saturated carbocycles. The molecule has 0 aliphatic carbocycles. The van der Waals surface area contributed by atoms with E-state index in [2.05, 4.69) is 32.3 Å². The number of rotatable bonds is 7. The van der Waals surface area contributed by atoms with E-state index in [1.165, 1.54) is 0 Å². The molecule has 202 valence electrons. The Morgan fingerprint density at radius 3 is 2.49 bits per heavy atom. The number of aromatic nitrogens is 2. The molecule has 2 amide bonds. The normalized spacial score (nSPS) is 14.3. The minimum atomic E-state index is -0.215. The molecule has 1 aliphatic rings. The van der Waals surface area contributed by atoms with Crippen molar-refractivity contribution in [2.24, 2.45) is 0 Å². The number of hydrogen-bond donors (Lipinski definition) is 3. The van der Waals surface area contributed by atoms with Crippen LogP contribution in [-0.4, -0.2) is 64.3 Å². The first-order valence-electron chi connectivity index (χ1n) is 13.3. The average molecular weight is 527 g/mol. The molecule has 0 radical (unpaired) electrons. The van der Waals surface area contributed by atoms with E-state index in [1.54, 1.807) is 24.0 Å². The van der Waals surface area contributed by atoms with Gasteiger partial charge in [-0.1, -0.05) is 12.1 Å². The number of fused-ring (bicyclic) bond motifs is 1. The number of likely N-dealkylation sites (tertiary alicyclic amines) is 1. The standard InChI is InChI=1S/C30H34N6O3/c1-3-35(24-8-9-27-23(18-24)11-17-36(27)30(39)31-2)25-10-14-32-28(19-25)33-29(38)22-6-4-21(5-7-22)20-34-15-12-26(37)13-16-34/h4-11,14,17-19,26,37H,3,12-13,15-16,20H2,1-2H3,(H,31,39)(H,32,33,38). The quantitative estimate of drug-likeness (QED) is 0.326. The molecule has 9 heteroatoms. The SMILES string of the molecule is CCN(c1ccnc(NC(=O)c2ccc(CN3CCC(O)CC3)cc2)c1)c1ccc2c(ccn2C(=O)NC)c1. The second-order valence-electron chi connectivity index (χ2n) is 9.79. The van der Waals surface area contributed by atoms with Crippen molar-refractivity contribution in [2.75, 3.05) is 36.9 Å². The summed E-state index contributed by atoms with van der Waals surface area (Å²) in [4.78, 5) is 33.9. The molecule has 5 rings (SSSR count). The fourth-order valence-electron chi connectivity index (χ4n) is 5.05. The Morgan fingerprint density at radius 1 is 1.03 bits per heavy atom. The van der Waals surface area contributed by atoms with Crippen LogP contribution in [0.5, 0.6) is 0 Å². The van der Waals surface area contributed by atoms with Gasteiger partial charge >= 0.3 is 6.03 Å². The number of hydrogen-bond acceptors (Lipinski definition) is 6. The van der Waals surface area contributed by atoms with E-state index in [1.807, 2.05) is 60.7 Å². The maximum atomic E-state index is 13.0. The smallest absolute Gasteiger partial charge is 0.325 e. The fourth-order valence-corrected chi connectivity index (χ4v) is 5.05. The van der Waals surface area contributed by atoms with Crippen molar-refractivity contribution in [3.8, 4) is 0 Å². The maximum absolute atomic E-state index is 13.0. The predicted octanol–water partition coefficient (Wildman–Crippen LogP) is 4.59. The summed E-state index contributed by atoms with van der Waals surface area (Å²) in [6.07, 6.45) is 4.88. The van der Waals surface area contributed by atoms with Gasteiger partial charge in [0.15, 0.2) is 0 Å². The molecule has 2 aromatic carbocycles. The molecular formula is C30H34N6O3. The van der Waals surface area contributed by atoms with E-state index < -0.39 is 0 Å². The summed E-state index contributed by atoms with van der Waals surface area (Å²) in [5, 5.41) is 16.2. The van der Waals surface area contributed by atoms with E-state index in [-0.39, 0.29) is 18.0 Å². The van der Waals surface area contributed by atoms with Gasteiger partial charge in [-0.15, -0.1) is 0 Å². The van der Waals surface area contributed by atoms with Gasteiger partial charge in [0.1, 0.15) is 5.82 Å². The Hall–Kier alpha value is -4.21. The minimum absolute atomic E-state index is 0.183. The summed E-state index contributed by atoms with van der Waals surface area (Å²) < 4.78 is 1.58. The molecule has 0 atom stereocenters. The lowest BCUT2D eigenvalue weighted by Gasteiger charge is -2.29. The largest absolute Gasteiger partial charge is 0.393 e. The molecule has 9 nitrogen and oxygen atoms in total. The Kier molecular flexibility index (Phi) is 7.90. The number of aliphatic hydroxyl groups excluding tert-OH is 1. The van der Waals surface area contributed by atoms with Crippen LogP contribution in [-0.2, 0) is 6.54 Å². The maximum Gasteiger partial charge on any atom is 0.325 e. The molecule has 0 bridgehead atoms. The van der Waals surface area contributed by atoms with Crippen molar-refractivity contribution in [3.63, 3.8) is 0 Å². The van der Waals surface area contributed by atoms with Gasteiger partial charge in [-0.3, -0.25) is 14.3 Å². The third-order valence-electron chi connectivity index (χ3n) is 7.21. The summed E-state index contributed by atoms with van der Waals surface area (Å²) in [5.74, 6) is 0.256. The Bertz CT molecular complexity index is 1460. The summed E-state index contributed by atoms with van der Waals surface area (Å²) in [7, 11) is 1.61. The van der Waals surface area contributed by atoms with Gasteiger partial charge in [-0.25, -0.2) is 9.78 Å². The van der Waals surface area contributed by atoms with Crippen LogP contribution in [0.15, 0.2) is 73.1 Å². The zero-order chi connectivity index (χ0) is 27.4. The van der Waals surface area contributed by atoms with Crippen LogP contribution in [0.25, 0.3) is 10.9 Å². The van der Waals surface area contributed by atoms with Crippen molar-refractivity contribution in [3.05, 3.63) is 84.2 Å². The van der Waals surface area contributed by atoms with E-state index in [0.29, 0.717) is 17.9 Å². The highest BCUT2D eigenvalue weighted by Crippen LogP contribution is 2.30. The summed E-state index contributed by atoms with van der Waals surface area (Å²) in [6.45, 7) is 5.35. The summed E-state index contributed by atoms with van der Waals surface area (Å²) in [5.41, 5.74) is 4.41. The van der Waals surface area contributed by atoms with Gasteiger partial charge in [0.25, 0.3) is 5.91 Å². The van der Waals surface area contributed by atoms with Gasteiger partial charge in [-0.05, 0) is 67.8 Å². The first kappa shape index (κ1) is 26.4. The number of piperidine rings is 1. The first-order chi connectivity index (χ1) is 18.9. The van der Waals surface area contributed by atoms with Crippen LogP contribution in [0.2, 0.25) is 0 Å². The molecule has 1 aliphatic heterocycles. The van der Waals surface area contributed by atoms with Crippen LogP contribution in [0, 0.1) is 0 Å². The van der Waals surface area contributed by atoms with E-state index in [9.17, 15) is 14.7 Å². The molecule has 0 spiro atoms. The highest BCUT2D eigenvalue weighted by Gasteiger charge is 2.17. The molecule has 1 saturated heterocycles. The molecule has 3 N–H and O–H groups in total. The topological polar surface area (TPSA) is 103 Å². The minimum Gasteiger partial charge on any atom is -0.393 e. The highest BCUT2D eigenvalue weighted by atomic mass is 16.3. The number of anilines is 3. The second kappa shape index (κ2) is 11.7. The van der Waals surface area contributed by atoms with Gasteiger partial charge in [0.05, 0.1) is 11.6 Å². The van der Waals surface area contributed by atoms with Crippen molar-refractivity contribution in [1.29, 1.82) is 0 Å². The molecule has 4 aromatic rings. The molecule has 3 heterocycles. The van der Waals surface area contributed by atoms with Crippen molar-refractivity contribution >= 4 is 40.0 Å². The lowest BCUT2D eigenvalue weighted by molar-refractivity contribution is 0.0792. The molecule has 39 heavy (non-hydrogen) atoms. The second-order valence-corrected chi connectivity index (χ2v) is 9.79. The third kappa shape index (κ3) is 5.94. The highest BCUT2D eigenvalue weighted by molar-refractivity contribution is 6.04. The van der Waals surface area contributed by atoms with E-state index >= 15 is 0 Å². The summed E-state index contributed by atoms with van der Waals surface area (Å²) in [6, 6.07) is 19.1. The van der Waals surface area contributed by atoms with Crippen LogP contribution >= 0.6 is 0 Å². The number of benzene rings is 2. The number of carbonyl (C=O) groups excluding carboxylic acids is 2. The van der Waals surface area contributed by atoms with E-state index in [0.717, 1.165) is 60.3 Å². The average Bonchev–Trinajstić information content (AvgIpc) is 3.38. The number of nitrogens with zero attached hydrogens (tertiary/aromatic N) is 4. The number of pyridine rings is 1. The van der Waals surface area contributed by atoms with Crippen LogP contribution in [0.4, 0.5) is 22.0 Å². The number of amides is 2. The molecule has 2 aromatic heterocycles. The zero-order valence-electron chi connectivity index (χ0n) is 22.3. The van der Waals surface area contributed by atoms with Gasteiger partial charge in [-0.2, -0.15) is 0 Å². The van der Waals surface area contributed by atoms with Crippen LogP contribution < -0.4 is 15.5 Å². The monoisotopic (exact) mass is 526 g/mol. The van der Waals surface area contributed by atoms with Gasteiger partial charge in [0.2, 0.25) is 0 Å². The summed E-state index contributed by atoms with van der Waals surface area (Å²) >= 11 is 0. The fraction of sp³-hybridized carbons (Fsp3) is 0.300. The Labute approximate surface area is 228 Å². The van der Waals surface area contributed by atoms with Crippen molar-refractivity contribution in [1.82, 2.24) is 19.8 Å². The molecular weight excluding hydrogens is 492 g/mol. The third-order valence-corrected chi connectivity index (χ3v) is 7.21. The Morgan fingerprint density at radius 2 is 1.77 bits per heavy atom. The lowest BCUT2D eigenvalue weighted by atomic mass is 10.1. The van der Waals surface area contributed by atoms with Crippen LogP contribution in [0.3, 0.4) is 0 Å². The zero-order valence-corrected chi connectivity index (χ0v) is 22.3. The van der Waals surface area contributed by atoms with Gasteiger partial charge < -0.3 is 20.6 Å². The van der Waals surface area contributed by atoms with Crippen molar-refractivity contribution in [2.45, 2.75) is 32.4 Å². The first-order valence-corrected chi connectivity index (χ1v) is 13.3. The predicted molar refractivity (Wildman–Crippen MR) is 154 cm³/mol. The molecule has 1 fully saturated rings. The van der Waals surface area contributed by atoms with Gasteiger partial charge in [0, 0.05) is 74.0 Å². The lowest BCUT2D eigenvalue weighted by Crippen LogP contribution is -2.35.